The zero-order valence-electron chi connectivity index (χ0n) is 9.51. The minimum absolute atomic E-state index is 0.187. The van der Waals surface area contributed by atoms with Crippen molar-refractivity contribution in [2.75, 3.05) is 6.61 Å². The van der Waals surface area contributed by atoms with Crippen LogP contribution in [0.5, 0.6) is 0 Å². The first-order chi connectivity index (χ1) is 8.63. The second kappa shape index (κ2) is 5.05. The SMILES string of the molecule is CCOC(=O)c1n[nH]n(-c2ccc(Cl)cc2)c1=O. The highest BCUT2D eigenvalue weighted by atomic mass is 35.5. The second-order valence-corrected chi connectivity index (χ2v) is 3.83. The lowest BCUT2D eigenvalue weighted by Crippen LogP contribution is -2.21. The topological polar surface area (TPSA) is 77.0 Å². The van der Waals surface area contributed by atoms with Gasteiger partial charge >= 0.3 is 11.5 Å². The molecule has 0 aliphatic carbocycles. The van der Waals surface area contributed by atoms with Crippen LogP contribution < -0.4 is 5.56 Å². The van der Waals surface area contributed by atoms with Crippen molar-refractivity contribution in [1.82, 2.24) is 15.0 Å². The summed E-state index contributed by atoms with van der Waals surface area (Å²) < 4.78 is 5.86. The maximum atomic E-state index is 11.9. The van der Waals surface area contributed by atoms with Gasteiger partial charge < -0.3 is 4.74 Å². The number of ether oxygens (including phenoxy) is 1. The zero-order chi connectivity index (χ0) is 13.1. The highest BCUT2D eigenvalue weighted by Crippen LogP contribution is 2.11. The number of hydrogen-bond donors (Lipinski definition) is 1. The second-order valence-electron chi connectivity index (χ2n) is 3.40. The number of nitrogens with one attached hydrogen (secondary N) is 1. The average molecular weight is 268 g/mol. The number of aromatic nitrogens is 3. The number of hydrogen-bond acceptors (Lipinski definition) is 4. The fourth-order valence-electron chi connectivity index (χ4n) is 1.40. The molecule has 18 heavy (non-hydrogen) atoms. The molecule has 0 saturated carbocycles. The number of esters is 1. The summed E-state index contributed by atoms with van der Waals surface area (Å²) in [5, 5.41) is 6.66. The van der Waals surface area contributed by atoms with Gasteiger partial charge in [-0.2, -0.15) is 0 Å². The number of aromatic amines is 1. The lowest BCUT2D eigenvalue weighted by Gasteiger charge is -1.99. The van der Waals surface area contributed by atoms with Gasteiger partial charge in [-0.1, -0.05) is 11.6 Å². The van der Waals surface area contributed by atoms with Crippen LogP contribution in [0, 0.1) is 0 Å². The number of nitrogens with zero attached hydrogens (tertiary/aromatic N) is 2. The van der Waals surface area contributed by atoms with E-state index in [0.717, 1.165) is 4.68 Å². The van der Waals surface area contributed by atoms with Crippen LogP contribution in [0.4, 0.5) is 0 Å². The summed E-state index contributed by atoms with van der Waals surface area (Å²) in [6, 6.07) is 6.54. The van der Waals surface area contributed by atoms with Gasteiger partial charge in [-0.05, 0) is 31.2 Å². The Hall–Kier alpha value is -2.08. The predicted octanol–water partition coefficient (Wildman–Crippen LogP) is 1.39. The fourth-order valence-corrected chi connectivity index (χ4v) is 1.52. The summed E-state index contributed by atoms with van der Waals surface area (Å²) in [5.41, 5.74) is -0.296. The van der Waals surface area contributed by atoms with E-state index in [1.807, 2.05) is 0 Å². The van der Waals surface area contributed by atoms with Crippen LogP contribution >= 0.6 is 11.6 Å². The third-order valence-electron chi connectivity index (χ3n) is 2.22. The fraction of sp³-hybridized carbons (Fsp3) is 0.182. The van der Waals surface area contributed by atoms with E-state index in [2.05, 4.69) is 10.3 Å². The van der Waals surface area contributed by atoms with Crippen molar-refractivity contribution < 1.29 is 9.53 Å². The molecule has 0 aliphatic heterocycles. The van der Waals surface area contributed by atoms with E-state index in [4.69, 9.17) is 16.3 Å². The standard InChI is InChI=1S/C11H10ClN3O3/c1-2-18-11(17)9-10(16)15(14-13-9)8-5-3-7(12)4-6-8/h3-6,14H,2H2,1H3. The molecule has 2 aromatic rings. The third-order valence-corrected chi connectivity index (χ3v) is 2.47. The summed E-state index contributed by atoms with van der Waals surface area (Å²) in [6.45, 7) is 1.84. The number of carbonyl (C=O) groups is 1. The van der Waals surface area contributed by atoms with E-state index < -0.39 is 11.5 Å². The van der Waals surface area contributed by atoms with Gasteiger partial charge in [0.25, 0.3) is 0 Å². The Balaban J connectivity index is 2.40. The Bertz CT molecular complexity index is 615. The Kier molecular flexibility index (Phi) is 3.47. The first kappa shape index (κ1) is 12.4. The van der Waals surface area contributed by atoms with Gasteiger partial charge in [-0.15, -0.1) is 5.10 Å². The van der Waals surface area contributed by atoms with Crippen molar-refractivity contribution in [3.8, 4) is 5.69 Å². The van der Waals surface area contributed by atoms with Crippen LogP contribution in [-0.2, 0) is 4.74 Å². The van der Waals surface area contributed by atoms with Crippen LogP contribution in [0.3, 0.4) is 0 Å². The van der Waals surface area contributed by atoms with E-state index in [0.29, 0.717) is 10.7 Å². The van der Waals surface area contributed by atoms with Crippen LogP contribution in [-0.4, -0.2) is 27.6 Å². The van der Waals surface area contributed by atoms with E-state index in [-0.39, 0.29) is 12.3 Å². The van der Waals surface area contributed by atoms with Crippen molar-refractivity contribution >= 4 is 17.6 Å². The van der Waals surface area contributed by atoms with Crippen LogP contribution in [0.1, 0.15) is 17.4 Å². The van der Waals surface area contributed by atoms with Crippen molar-refractivity contribution in [3.05, 3.63) is 45.3 Å². The molecule has 1 N–H and O–H groups in total. The quantitative estimate of drug-likeness (QED) is 0.853. The molecule has 0 unspecified atom stereocenters. The number of H-pyrrole nitrogens is 1. The van der Waals surface area contributed by atoms with Crippen molar-refractivity contribution in [3.63, 3.8) is 0 Å². The highest BCUT2D eigenvalue weighted by Gasteiger charge is 2.18. The molecular weight excluding hydrogens is 258 g/mol. The minimum atomic E-state index is -0.744. The molecule has 1 aromatic carbocycles. The van der Waals surface area contributed by atoms with Gasteiger partial charge in [0.1, 0.15) is 0 Å². The molecule has 1 heterocycles. The Labute approximate surface area is 107 Å². The largest absolute Gasteiger partial charge is 0.461 e. The van der Waals surface area contributed by atoms with Gasteiger partial charge in [0.05, 0.1) is 12.3 Å². The molecule has 6 nitrogen and oxygen atoms in total. The Morgan fingerprint density at radius 1 is 1.44 bits per heavy atom. The molecule has 0 aliphatic rings. The minimum Gasteiger partial charge on any atom is -0.461 e. The van der Waals surface area contributed by atoms with Crippen molar-refractivity contribution in [2.45, 2.75) is 6.92 Å². The van der Waals surface area contributed by atoms with E-state index in [9.17, 15) is 9.59 Å². The maximum Gasteiger partial charge on any atom is 0.364 e. The molecule has 7 heteroatoms. The van der Waals surface area contributed by atoms with Crippen LogP contribution in [0.25, 0.3) is 5.69 Å². The summed E-state index contributed by atoms with van der Waals surface area (Å²) >= 11 is 5.75. The first-order valence-electron chi connectivity index (χ1n) is 5.24. The first-order valence-corrected chi connectivity index (χ1v) is 5.61. The zero-order valence-corrected chi connectivity index (χ0v) is 10.3. The van der Waals surface area contributed by atoms with E-state index in [1.165, 1.54) is 0 Å². The number of benzene rings is 1. The van der Waals surface area contributed by atoms with Gasteiger partial charge in [0.2, 0.25) is 5.69 Å². The summed E-state index contributed by atoms with van der Waals surface area (Å²) in [6.07, 6.45) is 0. The number of rotatable bonds is 3. The number of halogens is 1. The maximum absolute atomic E-state index is 11.9. The van der Waals surface area contributed by atoms with Crippen LogP contribution in [0.2, 0.25) is 5.02 Å². The van der Waals surface area contributed by atoms with Crippen LogP contribution in [0.15, 0.2) is 29.1 Å². The van der Waals surface area contributed by atoms with Gasteiger partial charge in [0, 0.05) is 5.02 Å². The van der Waals surface area contributed by atoms with Crippen molar-refractivity contribution in [1.29, 1.82) is 0 Å². The lowest BCUT2D eigenvalue weighted by atomic mass is 10.3. The summed E-state index contributed by atoms with van der Waals surface area (Å²) in [5.74, 6) is -0.744. The van der Waals surface area contributed by atoms with Crippen molar-refractivity contribution in [2.24, 2.45) is 0 Å². The molecule has 2 rings (SSSR count). The van der Waals surface area contributed by atoms with Gasteiger partial charge in [-0.25, -0.2) is 14.7 Å². The smallest absolute Gasteiger partial charge is 0.364 e. The lowest BCUT2D eigenvalue weighted by molar-refractivity contribution is 0.0518. The Morgan fingerprint density at radius 3 is 2.72 bits per heavy atom. The molecule has 0 saturated heterocycles. The van der Waals surface area contributed by atoms with Gasteiger partial charge in [-0.3, -0.25) is 4.79 Å². The normalized spacial score (nSPS) is 10.3. The Morgan fingerprint density at radius 2 is 2.11 bits per heavy atom. The van der Waals surface area contributed by atoms with E-state index >= 15 is 0 Å². The summed E-state index contributed by atoms with van der Waals surface area (Å²) in [7, 11) is 0. The molecule has 1 aromatic heterocycles. The molecule has 0 fully saturated rings. The molecule has 94 valence electrons. The monoisotopic (exact) mass is 267 g/mol. The molecule has 0 atom stereocenters. The predicted molar refractivity (Wildman–Crippen MR) is 65.2 cm³/mol. The average Bonchev–Trinajstić information content (AvgIpc) is 2.73. The van der Waals surface area contributed by atoms with Gasteiger partial charge in [0.15, 0.2) is 0 Å². The molecular formula is C11H10ClN3O3. The molecule has 0 radical (unpaired) electrons. The van der Waals surface area contributed by atoms with E-state index in [1.54, 1.807) is 31.2 Å². The third kappa shape index (κ3) is 2.28. The number of carbonyl (C=O) groups excluding carboxylic acids is 1. The summed E-state index contributed by atoms with van der Waals surface area (Å²) in [4.78, 5) is 23.3. The molecule has 0 bridgehead atoms. The molecule has 0 amide bonds. The highest BCUT2D eigenvalue weighted by molar-refractivity contribution is 6.30. The molecule has 0 spiro atoms.